The molecule has 0 bridgehead atoms. The summed E-state index contributed by atoms with van der Waals surface area (Å²) in [5, 5.41) is 2.82. The van der Waals surface area contributed by atoms with E-state index >= 15 is 0 Å². The quantitative estimate of drug-likeness (QED) is 0.706. The first kappa shape index (κ1) is 15.0. The zero-order valence-electron chi connectivity index (χ0n) is 13.2. The van der Waals surface area contributed by atoms with Crippen LogP contribution in [0.2, 0.25) is 0 Å². The van der Waals surface area contributed by atoms with Gasteiger partial charge in [0.25, 0.3) is 0 Å². The first-order valence-electron chi connectivity index (χ1n) is 7.53. The maximum absolute atomic E-state index is 10.7. The Morgan fingerprint density at radius 2 is 1.87 bits per heavy atom. The predicted molar refractivity (Wildman–Crippen MR) is 93.7 cm³/mol. The van der Waals surface area contributed by atoms with Crippen molar-refractivity contribution in [3.8, 4) is 0 Å². The van der Waals surface area contributed by atoms with E-state index in [0.29, 0.717) is 0 Å². The number of aromatic amines is 1. The molecule has 1 heterocycles. The number of carbonyl (C=O) groups is 1. The van der Waals surface area contributed by atoms with Crippen LogP contribution in [0.4, 0.5) is 0 Å². The molecule has 2 N–H and O–H groups in total. The molecule has 0 radical (unpaired) electrons. The zero-order chi connectivity index (χ0) is 16.3. The van der Waals surface area contributed by atoms with Crippen molar-refractivity contribution >= 4 is 29.6 Å². The van der Waals surface area contributed by atoms with Crippen LogP contribution in [-0.2, 0) is 10.3 Å². The number of carbonyl (C=O) groups excluding carboxylic acids is 1. The summed E-state index contributed by atoms with van der Waals surface area (Å²) in [5.41, 5.74) is 3.58. The molecule has 1 amide bonds. The summed E-state index contributed by atoms with van der Waals surface area (Å²) in [5.74, 6) is 0.808. The molecule has 2 aromatic carbocycles. The van der Waals surface area contributed by atoms with Crippen LogP contribution in [0.3, 0.4) is 0 Å². The highest BCUT2D eigenvalue weighted by Gasteiger charge is 2.19. The van der Waals surface area contributed by atoms with Crippen molar-refractivity contribution in [3.05, 3.63) is 65.5 Å². The molecule has 4 nitrogen and oxygen atoms in total. The Bertz CT molecular complexity index is 847. The number of nitrogens with zero attached hydrogens (tertiary/aromatic N) is 1. The minimum absolute atomic E-state index is 0.422. The summed E-state index contributed by atoms with van der Waals surface area (Å²) in [4.78, 5) is 18.6. The summed E-state index contributed by atoms with van der Waals surface area (Å²) in [6.07, 6.45) is 4.71. The number of imidazole rings is 1. The van der Waals surface area contributed by atoms with Gasteiger partial charge in [0.05, 0.1) is 16.6 Å². The molecule has 0 saturated carbocycles. The lowest BCUT2D eigenvalue weighted by Crippen LogP contribution is -2.35. The van der Waals surface area contributed by atoms with E-state index in [4.69, 9.17) is 0 Å². The Balaban J connectivity index is 1.90. The lowest BCUT2D eigenvalue weighted by Gasteiger charge is -2.24. The second kappa shape index (κ2) is 6.08. The van der Waals surface area contributed by atoms with E-state index in [9.17, 15) is 4.79 Å². The van der Waals surface area contributed by atoms with Crippen molar-refractivity contribution in [2.75, 3.05) is 0 Å². The third kappa shape index (κ3) is 3.31. The van der Waals surface area contributed by atoms with E-state index in [2.05, 4.69) is 15.3 Å². The molecule has 0 atom stereocenters. The maximum atomic E-state index is 10.7. The molecular formula is C19H19N3O. The van der Waals surface area contributed by atoms with Gasteiger partial charge in [-0.15, -0.1) is 0 Å². The Kier molecular flexibility index (Phi) is 3.98. The Morgan fingerprint density at radius 1 is 1.09 bits per heavy atom. The zero-order valence-corrected chi connectivity index (χ0v) is 13.2. The van der Waals surface area contributed by atoms with Crippen molar-refractivity contribution in [1.82, 2.24) is 15.3 Å². The molecule has 116 valence electrons. The average molecular weight is 305 g/mol. The van der Waals surface area contributed by atoms with Gasteiger partial charge in [0, 0.05) is 0 Å². The van der Waals surface area contributed by atoms with Gasteiger partial charge in [-0.2, -0.15) is 0 Å². The third-order valence-corrected chi connectivity index (χ3v) is 3.88. The molecule has 0 fully saturated rings. The van der Waals surface area contributed by atoms with Crippen LogP contribution in [0.5, 0.6) is 0 Å². The van der Waals surface area contributed by atoms with Gasteiger partial charge >= 0.3 is 0 Å². The summed E-state index contributed by atoms with van der Waals surface area (Å²) >= 11 is 0. The second-order valence-electron chi connectivity index (χ2n) is 5.99. The highest BCUT2D eigenvalue weighted by atomic mass is 16.1. The smallest absolute Gasteiger partial charge is 0.207 e. The number of nitrogens with one attached hydrogen (secondary N) is 2. The molecule has 1 aromatic heterocycles. The normalized spacial score (nSPS) is 11.9. The molecular weight excluding hydrogens is 286 g/mol. The Morgan fingerprint density at radius 3 is 2.61 bits per heavy atom. The fraction of sp³-hybridized carbons (Fsp3) is 0.158. The van der Waals surface area contributed by atoms with E-state index in [1.807, 2.05) is 74.5 Å². The van der Waals surface area contributed by atoms with Gasteiger partial charge in [-0.3, -0.25) is 4.79 Å². The van der Waals surface area contributed by atoms with Gasteiger partial charge in [-0.25, -0.2) is 4.98 Å². The maximum Gasteiger partial charge on any atom is 0.207 e. The topological polar surface area (TPSA) is 57.8 Å². The summed E-state index contributed by atoms with van der Waals surface area (Å²) < 4.78 is 0. The van der Waals surface area contributed by atoms with Crippen LogP contribution in [0.1, 0.15) is 30.8 Å². The van der Waals surface area contributed by atoms with Crippen LogP contribution >= 0.6 is 0 Å². The molecule has 0 aliphatic carbocycles. The van der Waals surface area contributed by atoms with E-state index in [1.54, 1.807) is 0 Å². The van der Waals surface area contributed by atoms with Gasteiger partial charge < -0.3 is 10.3 Å². The van der Waals surface area contributed by atoms with Crippen LogP contribution < -0.4 is 5.32 Å². The second-order valence-corrected chi connectivity index (χ2v) is 5.99. The van der Waals surface area contributed by atoms with Crippen LogP contribution in [0, 0.1) is 0 Å². The summed E-state index contributed by atoms with van der Waals surface area (Å²) in [6, 6.07) is 16.1. The molecule has 0 aliphatic rings. The van der Waals surface area contributed by atoms with E-state index in [0.717, 1.165) is 34.4 Å². The highest BCUT2D eigenvalue weighted by molar-refractivity contribution is 5.79. The van der Waals surface area contributed by atoms with Crippen molar-refractivity contribution in [2.24, 2.45) is 0 Å². The minimum Gasteiger partial charge on any atom is -0.350 e. The van der Waals surface area contributed by atoms with E-state index in [-0.39, 0.29) is 0 Å². The molecule has 0 spiro atoms. The fourth-order valence-electron chi connectivity index (χ4n) is 2.46. The van der Waals surface area contributed by atoms with Crippen LogP contribution in [0.15, 0.2) is 48.5 Å². The fourth-order valence-corrected chi connectivity index (χ4v) is 2.46. The number of amides is 1. The lowest BCUT2D eigenvalue weighted by atomic mass is 9.94. The molecule has 23 heavy (non-hydrogen) atoms. The molecule has 0 aliphatic heterocycles. The SMILES string of the molecule is CC(C)(NC=O)c1ccc2[nH]c(C=Cc3ccccc3)nc2c1. The minimum atomic E-state index is -0.422. The molecule has 0 unspecified atom stereocenters. The summed E-state index contributed by atoms with van der Waals surface area (Å²) in [7, 11) is 0. The van der Waals surface area contributed by atoms with Crippen LogP contribution in [-0.4, -0.2) is 16.4 Å². The Hall–Kier alpha value is -2.88. The highest BCUT2D eigenvalue weighted by Crippen LogP contribution is 2.23. The van der Waals surface area contributed by atoms with Gasteiger partial charge in [0.1, 0.15) is 5.82 Å². The molecule has 4 heteroatoms. The lowest BCUT2D eigenvalue weighted by molar-refractivity contribution is -0.111. The van der Waals surface area contributed by atoms with E-state index < -0.39 is 5.54 Å². The van der Waals surface area contributed by atoms with Crippen molar-refractivity contribution in [1.29, 1.82) is 0 Å². The largest absolute Gasteiger partial charge is 0.350 e. The number of benzene rings is 2. The monoisotopic (exact) mass is 305 g/mol. The van der Waals surface area contributed by atoms with Crippen molar-refractivity contribution in [3.63, 3.8) is 0 Å². The number of fused-ring (bicyclic) bond motifs is 1. The number of rotatable bonds is 5. The number of hydrogen-bond acceptors (Lipinski definition) is 2. The molecule has 3 rings (SSSR count). The number of aromatic nitrogens is 2. The first-order valence-corrected chi connectivity index (χ1v) is 7.53. The van der Waals surface area contributed by atoms with E-state index in [1.165, 1.54) is 0 Å². The number of hydrogen-bond donors (Lipinski definition) is 2. The molecule has 3 aromatic rings. The molecule has 0 saturated heterocycles. The predicted octanol–water partition coefficient (Wildman–Crippen LogP) is 3.71. The van der Waals surface area contributed by atoms with Crippen LogP contribution in [0.25, 0.3) is 23.2 Å². The van der Waals surface area contributed by atoms with Gasteiger partial charge in [-0.05, 0) is 43.2 Å². The average Bonchev–Trinajstić information content (AvgIpc) is 2.96. The number of H-pyrrole nitrogens is 1. The van der Waals surface area contributed by atoms with Crippen molar-refractivity contribution in [2.45, 2.75) is 19.4 Å². The van der Waals surface area contributed by atoms with Gasteiger partial charge in [0.15, 0.2) is 0 Å². The third-order valence-electron chi connectivity index (χ3n) is 3.88. The van der Waals surface area contributed by atoms with Crippen molar-refractivity contribution < 1.29 is 4.79 Å². The Labute approximate surface area is 135 Å². The standard InChI is InChI=1S/C19H19N3O/c1-19(2,20-13-23)15-9-10-16-17(12-15)22-18(21-16)11-8-14-6-4-3-5-7-14/h3-13H,1-2H3,(H,20,23)(H,21,22). The summed E-state index contributed by atoms with van der Waals surface area (Å²) in [6.45, 7) is 3.93. The van der Waals surface area contributed by atoms with Gasteiger partial charge in [0.2, 0.25) is 6.41 Å². The van der Waals surface area contributed by atoms with Gasteiger partial charge in [-0.1, -0.05) is 42.5 Å². The first-order chi connectivity index (χ1) is 11.1.